The highest BCUT2D eigenvalue weighted by molar-refractivity contribution is 5.98. The molecule has 0 aliphatic heterocycles. The largest absolute Gasteiger partial charge is 0.457 e. The van der Waals surface area contributed by atoms with Gasteiger partial charge in [-0.05, 0) is 48.0 Å². The van der Waals surface area contributed by atoms with E-state index in [4.69, 9.17) is 15.7 Å². The number of nitrogen functional groups attached to an aromatic ring is 1. The summed E-state index contributed by atoms with van der Waals surface area (Å²) in [7, 11) is 0. The van der Waals surface area contributed by atoms with Crippen molar-refractivity contribution in [2.24, 2.45) is 0 Å². The number of hydrogen-bond acceptors (Lipinski definition) is 5. The minimum absolute atomic E-state index is 0.119. The predicted molar refractivity (Wildman–Crippen MR) is 97.5 cm³/mol. The molecule has 3 N–H and O–H groups in total. The van der Waals surface area contributed by atoms with Crippen LogP contribution >= 0.6 is 0 Å². The molecule has 0 aliphatic carbocycles. The van der Waals surface area contributed by atoms with E-state index in [9.17, 15) is 9.18 Å². The van der Waals surface area contributed by atoms with Gasteiger partial charge in [-0.3, -0.25) is 4.79 Å². The summed E-state index contributed by atoms with van der Waals surface area (Å²) < 4.78 is 18.6. The summed E-state index contributed by atoms with van der Waals surface area (Å²) in [4.78, 5) is 15.5. The molecule has 134 valence electrons. The Labute approximate surface area is 155 Å². The fourth-order valence-electron chi connectivity index (χ4n) is 2.36. The molecular formula is C20H15FN4O2. The number of rotatable bonds is 5. The molecule has 0 aliphatic rings. The molecule has 7 heteroatoms. The van der Waals surface area contributed by atoms with E-state index in [-0.39, 0.29) is 17.9 Å². The van der Waals surface area contributed by atoms with Crippen molar-refractivity contribution in [3.63, 3.8) is 0 Å². The number of nitrogens with one attached hydrogen (secondary N) is 1. The van der Waals surface area contributed by atoms with E-state index in [1.165, 1.54) is 6.07 Å². The summed E-state index contributed by atoms with van der Waals surface area (Å²) in [6.45, 7) is 0.264. The molecule has 0 saturated carbocycles. The molecule has 1 amide bonds. The van der Waals surface area contributed by atoms with Gasteiger partial charge in [0.2, 0.25) is 5.95 Å². The van der Waals surface area contributed by atoms with Crippen molar-refractivity contribution in [1.82, 2.24) is 10.3 Å². The number of hydrogen-bond donors (Lipinski definition) is 2. The number of amides is 1. The van der Waals surface area contributed by atoms with Gasteiger partial charge in [-0.1, -0.05) is 18.2 Å². The van der Waals surface area contributed by atoms with E-state index in [0.717, 1.165) is 11.6 Å². The van der Waals surface area contributed by atoms with Crippen LogP contribution in [0.15, 0.2) is 60.7 Å². The number of nitrogens with zero attached hydrogens (tertiary/aromatic N) is 2. The second-order valence-corrected chi connectivity index (χ2v) is 5.64. The van der Waals surface area contributed by atoms with Crippen LogP contribution in [-0.4, -0.2) is 10.9 Å². The molecule has 0 saturated heterocycles. The predicted octanol–water partition coefficient (Wildman–Crippen LogP) is 3.40. The first-order chi connectivity index (χ1) is 13.0. The summed E-state index contributed by atoms with van der Waals surface area (Å²) in [5.74, 6) is -0.161. The van der Waals surface area contributed by atoms with Gasteiger partial charge in [0.05, 0.1) is 17.2 Å². The average molecular weight is 362 g/mol. The lowest BCUT2D eigenvalue weighted by Gasteiger charge is -2.09. The number of nitrogens with two attached hydrogens (primary N) is 1. The van der Waals surface area contributed by atoms with Crippen LogP contribution in [0.1, 0.15) is 21.5 Å². The van der Waals surface area contributed by atoms with E-state index >= 15 is 0 Å². The molecule has 2 aromatic carbocycles. The maximum atomic E-state index is 12.9. The van der Waals surface area contributed by atoms with Crippen LogP contribution < -0.4 is 15.8 Å². The summed E-state index contributed by atoms with van der Waals surface area (Å²) in [5, 5.41) is 11.6. The Balaban J connectivity index is 1.60. The minimum atomic E-state index is -0.736. The molecule has 1 heterocycles. The molecule has 0 bridgehead atoms. The van der Waals surface area contributed by atoms with E-state index in [0.29, 0.717) is 17.1 Å². The normalized spacial score (nSPS) is 10.1. The van der Waals surface area contributed by atoms with Gasteiger partial charge < -0.3 is 15.8 Å². The molecular weight excluding hydrogens is 347 g/mol. The molecule has 0 radical (unpaired) electrons. The van der Waals surface area contributed by atoms with Gasteiger partial charge >= 0.3 is 0 Å². The third kappa shape index (κ3) is 4.58. The molecule has 3 rings (SSSR count). The number of halogens is 1. The first-order valence-corrected chi connectivity index (χ1v) is 8.02. The van der Waals surface area contributed by atoms with Crippen LogP contribution in [-0.2, 0) is 6.54 Å². The number of nitriles is 1. The van der Waals surface area contributed by atoms with Crippen LogP contribution in [0.25, 0.3) is 0 Å². The third-order valence-electron chi connectivity index (χ3n) is 3.71. The molecule has 0 spiro atoms. The van der Waals surface area contributed by atoms with Crippen LogP contribution in [0.2, 0.25) is 0 Å². The fraction of sp³-hybridized carbons (Fsp3) is 0.0500. The van der Waals surface area contributed by atoms with Gasteiger partial charge in [0, 0.05) is 6.54 Å². The Morgan fingerprint density at radius 2 is 1.93 bits per heavy atom. The molecule has 0 fully saturated rings. The van der Waals surface area contributed by atoms with Crippen molar-refractivity contribution in [1.29, 1.82) is 5.26 Å². The number of aromatic nitrogens is 1. The summed E-state index contributed by atoms with van der Waals surface area (Å²) >= 11 is 0. The zero-order chi connectivity index (χ0) is 19.2. The van der Waals surface area contributed by atoms with Gasteiger partial charge in [-0.2, -0.15) is 9.65 Å². The quantitative estimate of drug-likeness (QED) is 0.678. The van der Waals surface area contributed by atoms with Crippen molar-refractivity contribution in [3.05, 3.63) is 83.3 Å². The van der Waals surface area contributed by atoms with E-state index < -0.39 is 11.9 Å². The Morgan fingerprint density at radius 1 is 1.15 bits per heavy atom. The lowest BCUT2D eigenvalue weighted by molar-refractivity contribution is 0.0951. The Bertz CT molecular complexity index is 1010. The third-order valence-corrected chi connectivity index (χ3v) is 3.71. The smallest absolute Gasteiger partial charge is 0.255 e. The molecule has 0 unspecified atom stereocenters. The summed E-state index contributed by atoms with van der Waals surface area (Å²) in [6, 6.07) is 18.4. The van der Waals surface area contributed by atoms with Crippen molar-refractivity contribution >= 4 is 11.7 Å². The summed E-state index contributed by atoms with van der Waals surface area (Å²) in [5.41, 5.74) is 7.03. The highest BCUT2D eigenvalue weighted by Crippen LogP contribution is 2.22. The highest BCUT2D eigenvalue weighted by atomic mass is 19.1. The van der Waals surface area contributed by atoms with Crippen molar-refractivity contribution in [2.75, 3.05) is 5.73 Å². The number of pyridine rings is 1. The number of carbonyl (C=O) groups excluding carboxylic acids is 1. The topological polar surface area (TPSA) is 101 Å². The van der Waals surface area contributed by atoms with E-state index in [2.05, 4.69) is 16.4 Å². The Kier molecular flexibility index (Phi) is 5.28. The SMILES string of the molecule is N#Cc1cccc(Oc2ccc(CNC(=O)c3ccc(F)nc3N)cc2)c1. The van der Waals surface area contributed by atoms with Gasteiger partial charge in [0.15, 0.2) is 0 Å². The standard InChI is InChI=1S/C20H15FN4O2/c21-18-9-8-17(19(23)25-18)20(26)24-12-13-4-6-15(7-5-13)27-16-3-1-2-14(10-16)11-22/h1-10H,12H2,(H2,23,25)(H,24,26). The highest BCUT2D eigenvalue weighted by Gasteiger charge is 2.11. The first kappa shape index (κ1) is 17.9. The average Bonchev–Trinajstić information content (AvgIpc) is 2.67. The van der Waals surface area contributed by atoms with Crippen LogP contribution in [0.3, 0.4) is 0 Å². The minimum Gasteiger partial charge on any atom is -0.457 e. The van der Waals surface area contributed by atoms with Gasteiger partial charge in [0.1, 0.15) is 17.3 Å². The van der Waals surface area contributed by atoms with E-state index in [1.54, 1.807) is 48.5 Å². The Hall–Kier alpha value is -3.92. The lowest BCUT2D eigenvalue weighted by Crippen LogP contribution is -2.24. The number of carbonyl (C=O) groups is 1. The van der Waals surface area contributed by atoms with Gasteiger partial charge in [0.25, 0.3) is 5.91 Å². The number of benzene rings is 2. The second-order valence-electron chi connectivity index (χ2n) is 5.64. The van der Waals surface area contributed by atoms with Crippen LogP contribution in [0.4, 0.5) is 10.2 Å². The monoisotopic (exact) mass is 362 g/mol. The number of anilines is 1. The van der Waals surface area contributed by atoms with E-state index in [1.807, 2.05) is 0 Å². The van der Waals surface area contributed by atoms with Gasteiger partial charge in [-0.15, -0.1) is 0 Å². The fourth-order valence-corrected chi connectivity index (χ4v) is 2.36. The van der Waals surface area contributed by atoms with Crippen molar-refractivity contribution in [2.45, 2.75) is 6.54 Å². The first-order valence-electron chi connectivity index (χ1n) is 8.02. The molecule has 0 atom stereocenters. The van der Waals surface area contributed by atoms with Gasteiger partial charge in [-0.25, -0.2) is 4.98 Å². The van der Waals surface area contributed by atoms with Crippen molar-refractivity contribution < 1.29 is 13.9 Å². The zero-order valence-electron chi connectivity index (χ0n) is 14.1. The van der Waals surface area contributed by atoms with Crippen LogP contribution in [0.5, 0.6) is 11.5 Å². The maximum absolute atomic E-state index is 12.9. The second kappa shape index (κ2) is 7.97. The zero-order valence-corrected chi connectivity index (χ0v) is 14.1. The molecule has 6 nitrogen and oxygen atoms in total. The van der Waals surface area contributed by atoms with Crippen molar-refractivity contribution in [3.8, 4) is 17.6 Å². The Morgan fingerprint density at radius 3 is 2.63 bits per heavy atom. The molecule has 3 aromatic rings. The molecule has 1 aromatic heterocycles. The lowest BCUT2D eigenvalue weighted by atomic mass is 10.2. The van der Waals surface area contributed by atoms with Crippen LogP contribution in [0, 0.1) is 17.3 Å². The molecule has 27 heavy (non-hydrogen) atoms. The maximum Gasteiger partial charge on any atom is 0.255 e. The number of ether oxygens (including phenoxy) is 1. The summed E-state index contributed by atoms with van der Waals surface area (Å²) in [6.07, 6.45) is 0.